The highest BCUT2D eigenvalue weighted by molar-refractivity contribution is 5.86. The van der Waals surface area contributed by atoms with Crippen molar-refractivity contribution in [2.24, 2.45) is 0 Å². The van der Waals surface area contributed by atoms with E-state index in [9.17, 15) is 14.7 Å². The molecule has 0 aromatic heterocycles. The number of amides is 1. The predicted molar refractivity (Wildman–Crippen MR) is 66.9 cm³/mol. The molecule has 1 amide bonds. The number of unbranched alkanes of at least 4 members (excludes halogenated alkanes) is 4. The topological polar surface area (TPSA) is 77.8 Å². The van der Waals surface area contributed by atoms with E-state index in [0.717, 1.165) is 37.0 Å². The van der Waals surface area contributed by atoms with Crippen LogP contribution in [0, 0.1) is 0 Å². The van der Waals surface area contributed by atoms with Crippen LogP contribution in [0.5, 0.6) is 0 Å². The van der Waals surface area contributed by atoms with Crippen LogP contribution in [0.3, 0.4) is 0 Å². The van der Waals surface area contributed by atoms with Gasteiger partial charge in [-0.05, 0) is 12.8 Å². The molecule has 0 aromatic carbocycles. The third-order valence-electron chi connectivity index (χ3n) is 3.49. The summed E-state index contributed by atoms with van der Waals surface area (Å²) in [6, 6.07) is 0. The highest BCUT2D eigenvalue weighted by Gasteiger charge is 2.48. The Morgan fingerprint density at radius 2 is 1.89 bits per heavy atom. The summed E-state index contributed by atoms with van der Waals surface area (Å²) >= 11 is 0. The van der Waals surface area contributed by atoms with E-state index in [0.29, 0.717) is 19.4 Å². The Hall–Kier alpha value is -1.10. The number of carboxylic acid groups (broad SMARTS) is 1. The van der Waals surface area contributed by atoms with E-state index in [4.69, 9.17) is 5.11 Å². The molecule has 1 atom stereocenters. The standard InChI is InChI=1S/C13H23NO4/c1-2-3-4-5-6-8-11(15)14-10-7-9-13(14,18)12(16)17/h18H,2-10H2,1H3,(H,16,17). The summed E-state index contributed by atoms with van der Waals surface area (Å²) in [4.78, 5) is 24.0. The average Bonchev–Trinajstić information content (AvgIpc) is 2.72. The van der Waals surface area contributed by atoms with E-state index in [2.05, 4.69) is 6.92 Å². The Morgan fingerprint density at radius 1 is 1.22 bits per heavy atom. The maximum atomic E-state index is 11.9. The minimum Gasteiger partial charge on any atom is -0.478 e. The number of hydrogen-bond acceptors (Lipinski definition) is 3. The summed E-state index contributed by atoms with van der Waals surface area (Å²) in [5, 5.41) is 18.9. The van der Waals surface area contributed by atoms with E-state index >= 15 is 0 Å². The molecule has 2 N–H and O–H groups in total. The molecule has 0 radical (unpaired) electrons. The smallest absolute Gasteiger partial charge is 0.357 e. The second-order valence-corrected chi connectivity index (χ2v) is 4.93. The molecular weight excluding hydrogens is 234 g/mol. The van der Waals surface area contributed by atoms with Gasteiger partial charge >= 0.3 is 5.97 Å². The Bertz CT molecular complexity index is 305. The average molecular weight is 257 g/mol. The molecule has 18 heavy (non-hydrogen) atoms. The zero-order chi connectivity index (χ0) is 13.6. The van der Waals surface area contributed by atoms with Crippen molar-refractivity contribution in [1.29, 1.82) is 0 Å². The molecule has 1 aliphatic rings. The van der Waals surface area contributed by atoms with Gasteiger partial charge in [-0.1, -0.05) is 32.6 Å². The number of rotatable bonds is 7. The van der Waals surface area contributed by atoms with E-state index in [-0.39, 0.29) is 12.3 Å². The first kappa shape index (κ1) is 15.0. The van der Waals surface area contributed by atoms with Crippen molar-refractivity contribution in [2.75, 3.05) is 6.54 Å². The number of aliphatic hydroxyl groups is 1. The lowest BCUT2D eigenvalue weighted by Gasteiger charge is -2.29. The lowest BCUT2D eigenvalue weighted by atomic mass is 10.1. The van der Waals surface area contributed by atoms with Crippen LogP contribution in [-0.2, 0) is 9.59 Å². The maximum absolute atomic E-state index is 11.9. The zero-order valence-corrected chi connectivity index (χ0v) is 11.0. The van der Waals surface area contributed by atoms with Crippen LogP contribution in [0.25, 0.3) is 0 Å². The third-order valence-corrected chi connectivity index (χ3v) is 3.49. The van der Waals surface area contributed by atoms with E-state index in [1.165, 1.54) is 0 Å². The van der Waals surface area contributed by atoms with Crippen molar-refractivity contribution in [1.82, 2.24) is 4.90 Å². The van der Waals surface area contributed by atoms with Gasteiger partial charge in [0.1, 0.15) is 0 Å². The largest absolute Gasteiger partial charge is 0.478 e. The molecule has 104 valence electrons. The molecule has 0 aliphatic carbocycles. The number of hydrogen-bond donors (Lipinski definition) is 2. The summed E-state index contributed by atoms with van der Waals surface area (Å²) in [5.41, 5.74) is -1.97. The van der Waals surface area contributed by atoms with Gasteiger partial charge in [-0.15, -0.1) is 0 Å². The highest BCUT2D eigenvalue weighted by atomic mass is 16.4. The summed E-state index contributed by atoms with van der Waals surface area (Å²) in [5.74, 6) is -1.56. The Morgan fingerprint density at radius 3 is 2.50 bits per heavy atom. The van der Waals surface area contributed by atoms with Crippen LogP contribution in [0.15, 0.2) is 0 Å². The quantitative estimate of drug-likeness (QED) is 0.681. The molecule has 1 rings (SSSR count). The maximum Gasteiger partial charge on any atom is 0.357 e. The van der Waals surface area contributed by atoms with E-state index < -0.39 is 11.7 Å². The number of carboxylic acids is 1. The van der Waals surface area contributed by atoms with Crippen LogP contribution < -0.4 is 0 Å². The van der Waals surface area contributed by atoms with Crippen molar-refractivity contribution < 1.29 is 19.8 Å². The lowest BCUT2D eigenvalue weighted by molar-refractivity contribution is -0.182. The number of carbonyl (C=O) groups excluding carboxylic acids is 1. The van der Waals surface area contributed by atoms with Crippen LogP contribution in [0.2, 0.25) is 0 Å². The van der Waals surface area contributed by atoms with Gasteiger partial charge in [0.05, 0.1) is 0 Å². The first-order valence-electron chi connectivity index (χ1n) is 6.78. The SMILES string of the molecule is CCCCCCCC(=O)N1CCCC1(O)C(=O)O. The molecule has 0 aromatic rings. The minimum atomic E-state index is -1.97. The summed E-state index contributed by atoms with van der Waals surface area (Å²) < 4.78 is 0. The van der Waals surface area contributed by atoms with Crippen molar-refractivity contribution in [3.63, 3.8) is 0 Å². The van der Waals surface area contributed by atoms with Gasteiger partial charge in [-0.3, -0.25) is 4.79 Å². The molecule has 1 saturated heterocycles. The number of carbonyl (C=O) groups is 2. The zero-order valence-electron chi connectivity index (χ0n) is 11.0. The fourth-order valence-corrected chi connectivity index (χ4v) is 2.37. The molecule has 1 fully saturated rings. The van der Waals surface area contributed by atoms with Gasteiger partial charge in [0, 0.05) is 19.4 Å². The first-order valence-corrected chi connectivity index (χ1v) is 6.78. The number of likely N-dealkylation sites (tertiary alicyclic amines) is 1. The fraction of sp³-hybridized carbons (Fsp3) is 0.846. The summed E-state index contributed by atoms with van der Waals surface area (Å²) in [6.07, 6.45) is 6.18. The Kier molecular flexibility index (Phi) is 5.59. The molecule has 1 heterocycles. The van der Waals surface area contributed by atoms with Gasteiger partial charge in [-0.25, -0.2) is 4.79 Å². The number of nitrogens with zero attached hydrogens (tertiary/aromatic N) is 1. The van der Waals surface area contributed by atoms with Crippen LogP contribution >= 0.6 is 0 Å². The van der Waals surface area contributed by atoms with Crippen molar-refractivity contribution in [3.05, 3.63) is 0 Å². The van der Waals surface area contributed by atoms with Crippen molar-refractivity contribution in [3.8, 4) is 0 Å². The van der Waals surface area contributed by atoms with Gasteiger partial charge in [0.15, 0.2) is 0 Å². The van der Waals surface area contributed by atoms with Crippen LogP contribution in [0.1, 0.15) is 58.3 Å². The lowest BCUT2D eigenvalue weighted by Crippen LogP contribution is -2.53. The second kappa shape index (κ2) is 6.73. The van der Waals surface area contributed by atoms with Crippen molar-refractivity contribution in [2.45, 2.75) is 64.0 Å². The Labute approximate surface area is 108 Å². The normalized spacial score (nSPS) is 23.3. The van der Waals surface area contributed by atoms with Crippen LogP contribution in [0.4, 0.5) is 0 Å². The highest BCUT2D eigenvalue weighted by Crippen LogP contribution is 2.28. The van der Waals surface area contributed by atoms with Gasteiger partial charge < -0.3 is 15.1 Å². The Balaban J connectivity index is 2.39. The molecule has 0 bridgehead atoms. The molecule has 5 nitrogen and oxygen atoms in total. The molecule has 1 unspecified atom stereocenters. The summed E-state index contributed by atoms with van der Waals surface area (Å²) in [6.45, 7) is 2.47. The molecule has 0 saturated carbocycles. The second-order valence-electron chi connectivity index (χ2n) is 4.93. The van der Waals surface area contributed by atoms with Gasteiger partial charge in [0.25, 0.3) is 0 Å². The van der Waals surface area contributed by atoms with Gasteiger partial charge in [-0.2, -0.15) is 0 Å². The molecular formula is C13H23NO4. The van der Waals surface area contributed by atoms with E-state index in [1.54, 1.807) is 0 Å². The van der Waals surface area contributed by atoms with Crippen molar-refractivity contribution >= 4 is 11.9 Å². The van der Waals surface area contributed by atoms with E-state index in [1.807, 2.05) is 0 Å². The first-order chi connectivity index (χ1) is 8.52. The summed E-state index contributed by atoms with van der Waals surface area (Å²) in [7, 11) is 0. The molecule has 0 spiro atoms. The van der Waals surface area contributed by atoms with Crippen LogP contribution in [-0.4, -0.2) is 39.3 Å². The molecule has 5 heteroatoms. The monoisotopic (exact) mass is 257 g/mol. The number of aliphatic carboxylic acids is 1. The predicted octanol–water partition coefficient (Wildman–Crippen LogP) is 1.74. The molecule has 1 aliphatic heterocycles. The van der Waals surface area contributed by atoms with Gasteiger partial charge in [0.2, 0.25) is 11.6 Å². The fourth-order valence-electron chi connectivity index (χ4n) is 2.37. The minimum absolute atomic E-state index is 0.129. The third kappa shape index (κ3) is 3.45.